The van der Waals surface area contributed by atoms with Crippen molar-refractivity contribution >= 4 is 6.09 Å². The first kappa shape index (κ1) is 14.4. The number of nitriles is 1. The molecule has 1 aliphatic rings. The number of benzene rings is 1. The molecular weight excluding hydrogens is 252 g/mol. The van der Waals surface area contributed by atoms with Crippen LogP contribution in [0.4, 0.5) is 4.79 Å². The van der Waals surface area contributed by atoms with Crippen LogP contribution in [0.15, 0.2) is 18.2 Å². The summed E-state index contributed by atoms with van der Waals surface area (Å²) in [4.78, 5) is 13.2. The van der Waals surface area contributed by atoms with E-state index in [0.29, 0.717) is 5.56 Å². The van der Waals surface area contributed by atoms with Crippen molar-refractivity contribution in [1.29, 1.82) is 5.26 Å². The number of rotatable bonds is 1. The standard InChI is InChI=1S/C16H20N2O2/c1-16(2,3)18(15(19)20)14-9-5-7-12-11(10-17)6-4-8-13(12)14/h4,6,8,14H,5,7,9H2,1-3H3,(H,19,20)/t14-/m0/s1. The van der Waals surface area contributed by atoms with Crippen molar-refractivity contribution < 1.29 is 9.90 Å². The van der Waals surface area contributed by atoms with Gasteiger partial charge in [0, 0.05) is 5.54 Å². The van der Waals surface area contributed by atoms with Crippen LogP contribution in [0.1, 0.15) is 56.3 Å². The second-order valence-corrected chi connectivity index (χ2v) is 6.22. The summed E-state index contributed by atoms with van der Waals surface area (Å²) < 4.78 is 0. The monoisotopic (exact) mass is 272 g/mol. The van der Waals surface area contributed by atoms with Crippen molar-refractivity contribution in [2.24, 2.45) is 0 Å². The Kier molecular flexibility index (Phi) is 3.71. The van der Waals surface area contributed by atoms with E-state index >= 15 is 0 Å². The molecule has 20 heavy (non-hydrogen) atoms. The molecule has 2 rings (SSSR count). The van der Waals surface area contributed by atoms with Gasteiger partial charge in [-0.3, -0.25) is 4.90 Å². The first-order chi connectivity index (χ1) is 9.36. The lowest BCUT2D eigenvalue weighted by Gasteiger charge is -2.42. The Balaban J connectivity index is 2.52. The minimum atomic E-state index is -0.905. The van der Waals surface area contributed by atoms with Crippen molar-refractivity contribution in [3.63, 3.8) is 0 Å². The SMILES string of the molecule is CC(C)(C)N(C(=O)O)[C@H]1CCCc2c(C#N)cccc21. The zero-order valence-electron chi connectivity index (χ0n) is 12.2. The Hall–Kier alpha value is -2.02. The van der Waals surface area contributed by atoms with Gasteiger partial charge in [-0.05, 0) is 57.2 Å². The third kappa shape index (κ3) is 2.49. The third-order valence-corrected chi connectivity index (χ3v) is 3.84. The molecule has 1 aliphatic carbocycles. The number of nitrogens with zero attached hydrogens (tertiary/aromatic N) is 2. The average Bonchev–Trinajstić information content (AvgIpc) is 2.36. The van der Waals surface area contributed by atoms with Gasteiger partial charge in [0.2, 0.25) is 0 Å². The smallest absolute Gasteiger partial charge is 0.408 e. The second kappa shape index (κ2) is 5.16. The van der Waals surface area contributed by atoms with E-state index in [-0.39, 0.29) is 6.04 Å². The van der Waals surface area contributed by atoms with E-state index in [9.17, 15) is 15.2 Å². The molecule has 0 fully saturated rings. The van der Waals surface area contributed by atoms with Crippen molar-refractivity contribution in [3.8, 4) is 6.07 Å². The lowest BCUT2D eigenvalue weighted by Crippen LogP contribution is -2.48. The van der Waals surface area contributed by atoms with Gasteiger partial charge in [-0.25, -0.2) is 4.79 Å². The van der Waals surface area contributed by atoms with Crippen LogP contribution in [0, 0.1) is 11.3 Å². The van der Waals surface area contributed by atoms with Crippen LogP contribution >= 0.6 is 0 Å². The van der Waals surface area contributed by atoms with Crippen LogP contribution in [0.3, 0.4) is 0 Å². The maximum atomic E-state index is 11.7. The molecule has 0 aliphatic heterocycles. The number of hydrogen-bond acceptors (Lipinski definition) is 2. The Morgan fingerprint density at radius 3 is 2.70 bits per heavy atom. The van der Waals surface area contributed by atoms with Crippen molar-refractivity contribution in [2.75, 3.05) is 0 Å². The highest BCUT2D eigenvalue weighted by molar-refractivity contribution is 5.67. The van der Waals surface area contributed by atoms with Crippen molar-refractivity contribution in [1.82, 2.24) is 4.90 Å². The van der Waals surface area contributed by atoms with Crippen molar-refractivity contribution in [3.05, 3.63) is 34.9 Å². The molecule has 0 bridgehead atoms. The van der Waals surface area contributed by atoms with E-state index in [1.165, 1.54) is 4.90 Å². The van der Waals surface area contributed by atoms with Crippen LogP contribution < -0.4 is 0 Å². The number of fused-ring (bicyclic) bond motifs is 1. The molecule has 0 saturated heterocycles. The molecule has 0 spiro atoms. The molecule has 1 atom stereocenters. The summed E-state index contributed by atoms with van der Waals surface area (Å²) >= 11 is 0. The summed E-state index contributed by atoms with van der Waals surface area (Å²) in [5, 5.41) is 18.8. The zero-order chi connectivity index (χ0) is 14.9. The number of hydrogen-bond donors (Lipinski definition) is 1. The summed E-state index contributed by atoms with van der Waals surface area (Å²) in [6, 6.07) is 7.67. The van der Waals surface area contributed by atoms with E-state index in [2.05, 4.69) is 6.07 Å². The maximum absolute atomic E-state index is 11.7. The van der Waals surface area contributed by atoms with E-state index in [4.69, 9.17) is 0 Å². The summed E-state index contributed by atoms with van der Waals surface area (Å²) in [6.45, 7) is 5.72. The predicted octanol–water partition coefficient (Wildman–Crippen LogP) is 3.71. The molecule has 0 saturated carbocycles. The molecule has 4 heteroatoms. The Morgan fingerprint density at radius 2 is 2.15 bits per heavy atom. The number of amides is 1. The first-order valence-electron chi connectivity index (χ1n) is 6.90. The maximum Gasteiger partial charge on any atom is 0.408 e. The van der Waals surface area contributed by atoms with Crippen LogP contribution in [-0.4, -0.2) is 21.6 Å². The Morgan fingerprint density at radius 1 is 1.45 bits per heavy atom. The van der Waals surface area contributed by atoms with Crippen LogP contribution in [0.2, 0.25) is 0 Å². The lowest BCUT2D eigenvalue weighted by atomic mass is 9.83. The highest BCUT2D eigenvalue weighted by atomic mass is 16.4. The summed E-state index contributed by atoms with van der Waals surface area (Å²) in [6.07, 6.45) is 1.67. The molecule has 1 amide bonds. The van der Waals surface area contributed by atoms with E-state index in [1.54, 1.807) is 0 Å². The normalized spacial score (nSPS) is 18.0. The summed E-state index contributed by atoms with van der Waals surface area (Å²) in [5.74, 6) is 0. The minimum Gasteiger partial charge on any atom is -0.465 e. The molecular formula is C16H20N2O2. The zero-order valence-corrected chi connectivity index (χ0v) is 12.2. The fourth-order valence-electron chi connectivity index (χ4n) is 3.08. The summed E-state index contributed by atoms with van der Waals surface area (Å²) in [7, 11) is 0. The molecule has 0 aromatic heterocycles. The van der Waals surface area contributed by atoms with Crippen LogP contribution in [-0.2, 0) is 6.42 Å². The summed E-state index contributed by atoms with van der Waals surface area (Å²) in [5.41, 5.74) is 2.22. The van der Waals surface area contributed by atoms with Gasteiger partial charge in [-0.15, -0.1) is 0 Å². The highest BCUT2D eigenvalue weighted by Crippen LogP contribution is 2.38. The van der Waals surface area contributed by atoms with Gasteiger partial charge < -0.3 is 5.11 Å². The highest BCUT2D eigenvalue weighted by Gasteiger charge is 2.36. The molecule has 106 valence electrons. The lowest BCUT2D eigenvalue weighted by molar-refractivity contribution is 0.0638. The average molecular weight is 272 g/mol. The molecule has 0 heterocycles. The van der Waals surface area contributed by atoms with Gasteiger partial charge in [-0.1, -0.05) is 12.1 Å². The van der Waals surface area contributed by atoms with E-state index in [1.807, 2.05) is 39.0 Å². The topological polar surface area (TPSA) is 64.3 Å². The molecule has 0 unspecified atom stereocenters. The van der Waals surface area contributed by atoms with E-state index < -0.39 is 11.6 Å². The van der Waals surface area contributed by atoms with Gasteiger partial charge in [-0.2, -0.15) is 5.26 Å². The van der Waals surface area contributed by atoms with Crippen LogP contribution in [0.5, 0.6) is 0 Å². The van der Waals surface area contributed by atoms with E-state index in [0.717, 1.165) is 30.4 Å². The van der Waals surface area contributed by atoms with Gasteiger partial charge in [0.1, 0.15) is 0 Å². The number of carbonyl (C=O) groups is 1. The van der Waals surface area contributed by atoms with Crippen molar-refractivity contribution in [2.45, 2.75) is 51.6 Å². The molecule has 1 aromatic carbocycles. The first-order valence-corrected chi connectivity index (χ1v) is 6.90. The molecule has 1 N–H and O–H groups in total. The fourth-order valence-corrected chi connectivity index (χ4v) is 3.08. The Bertz CT molecular complexity index is 567. The minimum absolute atomic E-state index is 0.162. The van der Waals surface area contributed by atoms with Gasteiger partial charge in [0.05, 0.1) is 17.7 Å². The predicted molar refractivity (Wildman–Crippen MR) is 76.5 cm³/mol. The van der Waals surface area contributed by atoms with Gasteiger partial charge in [0.25, 0.3) is 0 Å². The Labute approximate surface area is 119 Å². The van der Waals surface area contributed by atoms with Crippen LogP contribution in [0.25, 0.3) is 0 Å². The van der Waals surface area contributed by atoms with Gasteiger partial charge >= 0.3 is 6.09 Å². The largest absolute Gasteiger partial charge is 0.465 e. The third-order valence-electron chi connectivity index (χ3n) is 3.84. The molecule has 4 nitrogen and oxygen atoms in total. The molecule has 0 radical (unpaired) electrons. The quantitative estimate of drug-likeness (QED) is 0.847. The molecule has 1 aromatic rings. The number of carboxylic acid groups (broad SMARTS) is 1. The fraction of sp³-hybridized carbons (Fsp3) is 0.500. The second-order valence-electron chi connectivity index (χ2n) is 6.22. The van der Waals surface area contributed by atoms with Gasteiger partial charge in [0.15, 0.2) is 0 Å².